The highest BCUT2D eigenvalue weighted by molar-refractivity contribution is 5.75. The van der Waals surface area contributed by atoms with Crippen molar-refractivity contribution >= 4 is 12.0 Å². The highest BCUT2D eigenvalue weighted by Gasteiger charge is 2.28. The molecule has 2 amide bonds. The van der Waals surface area contributed by atoms with E-state index in [1.54, 1.807) is 24.9 Å². The van der Waals surface area contributed by atoms with E-state index in [1.165, 1.54) is 0 Å². The van der Waals surface area contributed by atoms with Crippen LogP contribution in [-0.4, -0.2) is 40.1 Å². The van der Waals surface area contributed by atoms with Crippen LogP contribution >= 0.6 is 0 Å². The molecule has 2 N–H and O–H groups in total. The number of urea groups is 1. The molecule has 0 saturated carbocycles. The van der Waals surface area contributed by atoms with E-state index < -0.39 is 5.97 Å². The molecular formula is C13H19N3O4. The van der Waals surface area contributed by atoms with Gasteiger partial charge < -0.3 is 19.7 Å². The first-order valence-corrected chi connectivity index (χ1v) is 6.68. The van der Waals surface area contributed by atoms with Crippen LogP contribution in [0.1, 0.15) is 37.5 Å². The number of likely N-dealkylation sites (tertiary alicyclic amines) is 1. The molecule has 0 aromatic carbocycles. The summed E-state index contributed by atoms with van der Waals surface area (Å²) in [5.41, 5.74) is 0. The molecule has 1 aromatic rings. The molecule has 2 heterocycles. The van der Waals surface area contributed by atoms with Gasteiger partial charge in [0, 0.05) is 13.1 Å². The first-order valence-electron chi connectivity index (χ1n) is 6.68. The first kappa shape index (κ1) is 14.4. The molecule has 7 heteroatoms. The molecule has 0 radical (unpaired) electrons. The topological polar surface area (TPSA) is 95.7 Å². The van der Waals surface area contributed by atoms with Crippen molar-refractivity contribution in [1.29, 1.82) is 0 Å². The normalized spacial score (nSPS) is 17.8. The summed E-state index contributed by atoms with van der Waals surface area (Å²) in [4.78, 5) is 28.6. The third kappa shape index (κ3) is 3.28. The van der Waals surface area contributed by atoms with E-state index in [4.69, 9.17) is 9.52 Å². The number of carboxylic acids is 1. The minimum Gasteiger partial charge on any atom is -0.481 e. The lowest BCUT2D eigenvalue weighted by Crippen LogP contribution is -2.46. The second kappa shape index (κ2) is 5.94. The summed E-state index contributed by atoms with van der Waals surface area (Å²) in [5, 5.41) is 11.7. The number of rotatable bonds is 3. The first-order chi connectivity index (χ1) is 9.47. The lowest BCUT2D eigenvalue weighted by atomic mass is 9.97. The zero-order valence-electron chi connectivity index (χ0n) is 11.6. The summed E-state index contributed by atoms with van der Waals surface area (Å²) in [5.74, 6) is 0.0409. The van der Waals surface area contributed by atoms with Gasteiger partial charge >= 0.3 is 12.0 Å². The van der Waals surface area contributed by atoms with Gasteiger partial charge in [0.2, 0.25) is 5.89 Å². The van der Waals surface area contributed by atoms with E-state index in [9.17, 15) is 9.59 Å². The van der Waals surface area contributed by atoms with Gasteiger partial charge in [0.15, 0.2) is 0 Å². The number of aliphatic carboxylic acids is 1. The Balaban J connectivity index is 1.85. The van der Waals surface area contributed by atoms with Crippen LogP contribution in [0, 0.1) is 12.8 Å². The van der Waals surface area contributed by atoms with Crippen molar-refractivity contribution in [3.05, 3.63) is 17.8 Å². The zero-order valence-corrected chi connectivity index (χ0v) is 11.6. The Labute approximate surface area is 117 Å². The summed E-state index contributed by atoms with van der Waals surface area (Å²) in [6.45, 7) is 4.51. The lowest BCUT2D eigenvalue weighted by molar-refractivity contribution is -0.143. The zero-order chi connectivity index (χ0) is 14.7. The summed E-state index contributed by atoms with van der Waals surface area (Å²) >= 11 is 0. The van der Waals surface area contributed by atoms with Crippen molar-refractivity contribution in [3.63, 3.8) is 0 Å². The van der Waals surface area contributed by atoms with Crippen LogP contribution in [0.4, 0.5) is 4.79 Å². The Bertz CT molecular complexity index is 492. The third-order valence-corrected chi connectivity index (χ3v) is 3.48. The Morgan fingerprint density at radius 1 is 1.50 bits per heavy atom. The summed E-state index contributed by atoms with van der Waals surface area (Å²) in [6.07, 6.45) is 2.60. The van der Waals surface area contributed by atoms with Gasteiger partial charge in [-0.05, 0) is 26.7 Å². The van der Waals surface area contributed by atoms with Gasteiger partial charge in [-0.3, -0.25) is 4.79 Å². The summed E-state index contributed by atoms with van der Waals surface area (Å²) in [7, 11) is 0. The molecule has 20 heavy (non-hydrogen) atoms. The van der Waals surface area contributed by atoms with Gasteiger partial charge in [-0.15, -0.1) is 0 Å². The maximum absolute atomic E-state index is 12.1. The van der Waals surface area contributed by atoms with E-state index in [0.717, 1.165) is 0 Å². The quantitative estimate of drug-likeness (QED) is 0.876. The summed E-state index contributed by atoms with van der Waals surface area (Å²) in [6, 6.07) is -0.523. The third-order valence-electron chi connectivity index (χ3n) is 3.48. The van der Waals surface area contributed by atoms with Gasteiger partial charge in [-0.1, -0.05) is 0 Å². The van der Waals surface area contributed by atoms with Gasteiger partial charge in [-0.25, -0.2) is 9.78 Å². The van der Waals surface area contributed by atoms with Crippen molar-refractivity contribution < 1.29 is 19.1 Å². The maximum Gasteiger partial charge on any atom is 0.318 e. The fourth-order valence-electron chi connectivity index (χ4n) is 2.24. The molecule has 0 spiro atoms. The molecule has 1 unspecified atom stereocenters. The average molecular weight is 281 g/mol. The fraction of sp³-hybridized carbons (Fsp3) is 0.615. The van der Waals surface area contributed by atoms with Crippen LogP contribution in [0.15, 0.2) is 10.6 Å². The molecule has 1 saturated heterocycles. The largest absolute Gasteiger partial charge is 0.481 e. The number of carbonyl (C=O) groups excluding carboxylic acids is 1. The summed E-state index contributed by atoms with van der Waals surface area (Å²) < 4.78 is 5.36. The van der Waals surface area contributed by atoms with Crippen LogP contribution in [0.5, 0.6) is 0 Å². The van der Waals surface area contributed by atoms with Gasteiger partial charge in [0.05, 0.1) is 12.1 Å². The van der Waals surface area contributed by atoms with E-state index in [0.29, 0.717) is 37.6 Å². The van der Waals surface area contributed by atoms with Gasteiger partial charge in [-0.2, -0.15) is 0 Å². The van der Waals surface area contributed by atoms with E-state index >= 15 is 0 Å². The van der Waals surface area contributed by atoms with E-state index in [1.807, 2.05) is 0 Å². The van der Waals surface area contributed by atoms with Gasteiger partial charge in [0.1, 0.15) is 11.8 Å². The lowest BCUT2D eigenvalue weighted by Gasteiger charge is -2.30. The number of hydrogen-bond acceptors (Lipinski definition) is 4. The van der Waals surface area contributed by atoms with Crippen molar-refractivity contribution in [2.75, 3.05) is 13.1 Å². The van der Waals surface area contributed by atoms with Gasteiger partial charge in [0.25, 0.3) is 0 Å². The molecule has 1 atom stereocenters. The van der Waals surface area contributed by atoms with Crippen molar-refractivity contribution in [3.8, 4) is 0 Å². The minimum atomic E-state index is -0.784. The maximum atomic E-state index is 12.1. The number of carboxylic acid groups (broad SMARTS) is 1. The molecule has 1 aliphatic heterocycles. The van der Waals surface area contributed by atoms with Crippen LogP contribution in [0.3, 0.4) is 0 Å². The number of hydrogen-bond donors (Lipinski definition) is 2. The monoisotopic (exact) mass is 281 g/mol. The smallest absolute Gasteiger partial charge is 0.318 e. The Morgan fingerprint density at radius 3 is 2.65 bits per heavy atom. The number of nitrogens with one attached hydrogen (secondary N) is 1. The molecule has 110 valence electrons. The molecule has 2 rings (SSSR count). The van der Waals surface area contributed by atoms with Crippen LogP contribution < -0.4 is 5.32 Å². The van der Waals surface area contributed by atoms with Crippen LogP contribution in [0.2, 0.25) is 0 Å². The number of piperidine rings is 1. The number of oxazole rings is 1. The van der Waals surface area contributed by atoms with E-state index in [2.05, 4.69) is 10.3 Å². The van der Waals surface area contributed by atoms with Crippen LogP contribution in [-0.2, 0) is 4.79 Å². The molecular weight excluding hydrogens is 262 g/mol. The molecule has 1 aromatic heterocycles. The van der Waals surface area contributed by atoms with E-state index in [-0.39, 0.29) is 18.0 Å². The molecule has 1 fully saturated rings. The Morgan fingerprint density at radius 2 is 2.15 bits per heavy atom. The number of carbonyl (C=O) groups is 2. The highest BCUT2D eigenvalue weighted by atomic mass is 16.4. The SMILES string of the molecule is Cc1cnc(C(C)NC(=O)N2CCC(C(=O)O)CC2)o1. The van der Waals surface area contributed by atoms with Crippen molar-refractivity contribution in [2.45, 2.75) is 32.7 Å². The highest BCUT2D eigenvalue weighted by Crippen LogP contribution is 2.18. The number of aryl methyl sites for hydroxylation is 1. The number of aromatic nitrogens is 1. The molecule has 0 bridgehead atoms. The predicted molar refractivity (Wildman–Crippen MR) is 70.1 cm³/mol. The Hall–Kier alpha value is -2.05. The standard InChI is InChI=1S/C13H19N3O4/c1-8-7-14-11(20-8)9(2)15-13(19)16-5-3-10(4-6-16)12(17)18/h7,9-10H,3-6H2,1-2H3,(H,15,19)(H,17,18). The Kier molecular flexibility index (Phi) is 4.26. The van der Waals surface area contributed by atoms with Crippen LogP contribution in [0.25, 0.3) is 0 Å². The second-order valence-corrected chi connectivity index (χ2v) is 5.08. The predicted octanol–water partition coefficient (Wildman–Crippen LogP) is 1.55. The molecule has 0 aliphatic carbocycles. The number of amides is 2. The molecule has 7 nitrogen and oxygen atoms in total. The number of nitrogens with zero attached hydrogens (tertiary/aromatic N) is 2. The van der Waals surface area contributed by atoms with Crippen molar-refractivity contribution in [2.24, 2.45) is 5.92 Å². The van der Waals surface area contributed by atoms with Crippen molar-refractivity contribution in [1.82, 2.24) is 15.2 Å². The fourth-order valence-corrected chi connectivity index (χ4v) is 2.24. The second-order valence-electron chi connectivity index (χ2n) is 5.08. The molecule has 1 aliphatic rings. The average Bonchev–Trinajstić information content (AvgIpc) is 2.85. The minimum absolute atomic E-state index is 0.211.